The van der Waals surface area contributed by atoms with Crippen LogP contribution < -0.4 is 0 Å². The Labute approximate surface area is 114 Å². The van der Waals surface area contributed by atoms with E-state index in [0.29, 0.717) is 0 Å². The van der Waals surface area contributed by atoms with Crippen LogP contribution in [-0.2, 0) is 19.9 Å². The molecule has 19 heavy (non-hydrogen) atoms. The van der Waals surface area contributed by atoms with Crippen molar-refractivity contribution in [2.45, 2.75) is 24.0 Å². The van der Waals surface area contributed by atoms with E-state index in [1.54, 1.807) is 31.2 Å². The molecule has 0 spiro atoms. The van der Waals surface area contributed by atoms with Gasteiger partial charge in [-0.05, 0) is 26.0 Å². The monoisotopic (exact) mass is 303 g/mol. The van der Waals surface area contributed by atoms with E-state index in [1.165, 1.54) is 4.31 Å². The van der Waals surface area contributed by atoms with Gasteiger partial charge in [-0.15, -0.1) is 0 Å². The molecule has 0 amide bonds. The summed E-state index contributed by atoms with van der Waals surface area (Å²) in [6.45, 7) is 3.49. The maximum Gasteiger partial charge on any atom is 0.243 e. The molecule has 0 aromatic heterocycles. The van der Waals surface area contributed by atoms with Crippen LogP contribution in [0.4, 0.5) is 0 Å². The predicted molar refractivity (Wildman–Crippen MR) is 73.2 cm³/mol. The van der Waals surface area contributed by atoms with Gasteiger partial charge >= 0.3 is 0 Å². The molecule has 5 nitrogen and oxygen atoms in total. The van der Waals surface area contributed by atoms with Crippen LogP contribution in [0.2, 0.25) is 0 Å². The van der Waals surface area contributed by atoms with E-state index in [9.17, 15) is 16.8 Å². The van der Waals surface area contributed by atoms with Crippen LogP contribution in [0.1, 0.15) is 12.5 Å². The first-order chi connectivity index (χ1) is 8.73. The molecular formula is C12H17NO4S2. The van der Waals surface area contributed by atoms with E-state index in [1.807, 2.05) is 6.92 Å². The third-order valence-electron chi connectivity index (χ3n) is 3.36. The van der Waals surface area contributed by atoms with E-state index in [-0.39, 0.29) is 23.7 Å². The Morgan fingerprint density at radius 2 is 1.79 bits per heavy atom. The highest BCUT2D eigenvalue weighted by molar-refractivity contribution is 7.92. The first-order valence-corrected chi connectivity index (χ1v) is 9.17. The van der Waals surface area contributed by atoms with Gasteiger partial charge in [-0.3, -0.25) is 0 Å². The van der Waals surface area contributed by atoms with Crippen LogP contribution >= 0.6 is 0 Å². The van der Waals surface area contributed by atoms with Crippen molar-refractivity contribution < 1.29 is 16.8 Å². The van der Waals surface area contributed by atoms with Crippen LogP contribution in [0.5, 0.6) is 0 Å². The molecule has 0 N–H and O–H groups in total. The Morgan fingerprint density at radius 1 is 1.21 bits per heavy atom. The summed E-state index contributed by atoms with van der Waals surface area (Å²) in [7, 11) is -6.74. The summed E-state index contributed by atoms with van der Waals surface area (Å²) in [5.74, 6) is -0.112. The summed E-state index contributed by atoms with van der Waals surface area (Å²) in [5.41, 5.74) is 0.980. The van der Waals surface area contributed by atoms with E-state index < -0.39 is 25.1 Å². The molecule has 0 bridgehead atoms. The van der Waals surface area contributed by atoms with Crippen LogP contribution in [0.3, 0.4) is 0 Å². The highest BCUT2D eigenvalue weighted by Crippen LogP contribution is 2.21. The van der Waals surface area contributed by atoms with Crippen molar-refractivity contribution in [3.8, 4) is 0 Å². The molecular weight excluding hydrogens is 286 g/mol. The quantitative estimate of drug-likeness (QED) is 0.810. The zero-order valence-electron chi connectivity index (χ0n) is 10.9. The average molecular weight is 303 g/mol. The van der Waals surface area contributed by atoms with Crippen LogP contribution in [-0.4, -0.2) is 45.2 Å². The number of sulfone groups is 1. The van der Waals surface area contributed by atoms with Crippen molar-refractivity contribution in [1.29, 1.82) is 0 Å². The lowest BCUT2D eigenvalue weighted by atomic mass is 10.2. The van der Waals surface area contributed by atoms with Gasteiger partial charge in [0.25, 0.3) is 0 Å². The van der Waals surface area contributed by atoms with Gasteiger partial charge in [0.1, 0.15) is 0 Å². The average Bonchev–Trinajstić information content (AvgIpc) is 2.33. The molecule has 1 saturated heterocycles. The van der Waals surface area contributed by atoms with Crippen molar-refractivity contribution >= 4 is 19.9 Å². The van der Waals surface area contributed by atoms with Crippen molar-refractivity contribution in [2.24, 2.45) is 0 Å². The Hall–Kier alpha value is -0.920. The highest BCUT2D eigenvalue weighted by atomic mass is 32.2. The Balaban J connectivity index is 2.29. The first-order valence-electron chi connectivity index (χ1n) is 6.02. The fourth-order valence-corrected chi connectivity index (χ4v) is 5.02. The van der Waals surface area contributed by atoms with Crippen molar-refractivity contribution in [3.63, 3.8) is 0 Å². The number of rotatable bonds is 2. The van der Waals surface area contributed by atoms with Crippen molar-refractivity contribution in [3.05, 3.63) is 29.8 Å². The standard InChI is InChI=1S/C12H17NO4S2/c1-10-3-5-12(6-4-10)19(16,17)13-7-8-18(14,15)11(2)9-13/h3-6,11H,7-9H2,1-2H3/t11-/m1/s1. The van der Waals surface area contributed by atoms with E-state index in [4.69, 9.17) is 0 Å². The van der Waals surface area contributed by atoms with Gasteiger partial charge in [0.2, 0.25) is 10.0 Å². The topological polar surface area (TPSA) is 71.5 Å². The SMILES string of the molecule is Cc1ccc(S(=O)(=O)N2CCS(=O)(=O)[C@H](C)C2)cc1. The van der Waals surface area contributed by atoms with Gasteiger partial charge < -0.3 is 0 Å². The molecule has 0 aliphatic carbocycles. The molecule has 1 aromatic carbocycles. The zero-order valence-corrected chi connectivity index (χ0v) is 12.5. The molecule has 1 fully saturated rings. The minimum atomic E-state index is -3.59. The summed E-state index contributed by atoms with van der Waals surface area (Å²) in [6.07, 6.45) is 0. The second kappa shape index (κ2) is 4.88. The second-order valence-electron chi connectivity index (χ2n) is 4.85. The second-order valence-corrected chi connectivity index (χ2v) is 9.33. The molecule has 2 rings (SSSR count). The summed E-state index contributed by atoms with van der Waals surface area (Å²) in [6, 6.07) is 6.57. The van der Waals surface area contributed by atoms with Crippen LogP contribution in [0.15, 0.2) is 29.2 Å². The third-order valence-corrected chi connectivity index (χ3v) is 7.36. The Bertz CT molecular complexity index is 662. The normalized spacial score (nSPS) is 24.2. The number of hydrogen-bond donors (Lipinski definition) is 0. The van der Waals surface area contributed by atoms with E-state index in [0.717, 1.165) is 5.56 Å². The number of nitrogens with zero attached hydrogens (tertiary/aromatic N) is 1. The van der Waals surface area contributed by atoms with E-state index >= 15 is 0 Å². The smallest absolute Gasteiger partial charge is 0.228 e. The Morgan fingerprint density at radius 3 is 2.32 bits per heavy atom. The lowest BCUT2D eigenvalue weighted by Gasteiger charge is -2.30. The van der Waals surface area contributed by atoms with Gasteiger partial charge in [-0.25, -0.2) is 16.8 Å². The van der Waals surface area contributed by atoms with Gasteiger partial charge in [0.05, 0.1) is 15.9 Å². The molecule has 106 valence electrons. The van der Waals surface area contributed by atoms with Gasteiger partial charge in [0.15, 0.2) is 9.84 Å². The molecule has 1 aromatic rings. The minimum absolute atomic E-state index is 0.0263. The summed E-state index contributed by atoms with van der Waals surface area (Å²) < 4.78 is 49.3. The number of sulfonamides is 1. The molecule has 1 atom stereocenters. The van der Waals surface area contributed by atoms with Crippen LogP contribution in [0, 0.1) is 6.92 Å². The number of hydrogen-bond acceptors (Lipinski definition) is 4. The minimum Gasteiger partial charge on any atom is -0.228 e. The third kappa shape index (κ3) is 2.82. The highest BCUT2D eigenvalue weighted by Gasteiger charge is 2.35. The summed E-state index contributed by atoms with van der Waals surface area (Å²) in [5, 5.41) is -0.651. The lowest BCUT2D eigenvalue weighted by molar-refractivity contribution is 0.407. The largest absolute Gasteiger partial charge is 0.243 e. The summed E-state index contributed by atoms with van der Waals surface area (Å²) >= 11 is 0. The molecule has 1 heterocycles. The first kappa shape index (κ1) is 14.5. The molecule has 1 aliphatic heterocycles. The fraction of sp³-hybridized carbons (Fsp3) is 0.500. The summed E-state index contributed by atoms with van der Waals surface area (Å²) in [4.78, 5) is 0.213. The Kier molecular flexibility index (Phi) is 3.72. The van der Waals surface area contributed by atoms with Crippen molar-refractivity contribution in [2.75, 3.05) is 18.8 Å². The molecule has 0 radical (unpaired) electrons. The number of aryl methyl sites for hydroxylation is 1. The van der Waals surface area contributed by atoms with Crippen molar-refractivity contribution in [1.82, 2.24) is 4.31 Å². The maximum atomic E-state index is 12.4. The van der Waals surface area contributed by atoms with Gasteiger partial charge in [-0.2, -0.15) is 4.31 Å². The number of benzene rings is 1. The molecule has 7 heteroatoms. The molecule has 1 aliphatic rings. The van der Waals surface area contributed by atoms with Gasteiger partial charge in [-0.1, -0.05) is 17.7 Å². The predicted octanol–water partition coefficient (Wildman–Crippen LogP) is 0.803. The zero-order chi connectivity index (χ0) is 14.3. The van der Waals surface area contributed by atoms with E-state index in [2.05, 4.69) is 0 Å². The van der Waals surface area contributed by atoms with Crippen LogP contribution in [0.25, 0.3) is 0 Å². The van der Waals surface area contributed by atoms with Gasteiger partial charge in [0, 0.05) is 13.1 Å². The fourth-order valence-electron chi connectivity index (χ4n) is 2.00. The molecule has 0 unspecified atom stereocenters. The lowest BCUT2D eigenvalue weighted by Crippen LogP contribution is -2.47. The maximum absolute atomic E-state index is 12.4. The molecule has 0 saturated carbocycles.